The van der Waals surface area contributed by atoms with Gasteiger partial charge in [-0.15, -0.1) is 11.8 Å². The molecule has 0 spiro atoms. The molecule has 0 aliphatic heterocycles. The molecular formula is C11H16N2S. The maximum atomic E-state index is 7.08. The van der Waals surface area contributed by atoms with Crippen LogP contribution in [0.5, 0.6) is 0 Å². The molecule has 14 heavy (non-hydrogen) atoms. The Hall–Kier alpha value is -0.960. The van der Waals surface area contributed by atoms with Gasteiger partial charge in [0.05, 0.1) is 5.84 Å². The van der Waals surface area contributed by atoms with Crippen molar-refractivity contribution in [2.24, 2.45) is 5.73 Å². The predicted molar refractivity (Wildman–Crippen MR) is 63.1 cm³/mol. The first-order valence-electron chi connectivity index (χ1n) is 4.71. The second kappa shape index (κ2) is 5.70. The zero-order chi connectivity index (χ0) is 10.4. The molecule has 0 bridgehead atoms. The average molecular weight is 208 g/mol. The van der Waals surface area contributed by atoms with Gasteiger partial charge >= 0.3 is 0 Å². The minimum Gasteiger partial charge on any atom is -0.388 e. The number of rotatable bonds is 5. The van der Waals surface area contributed by atoms with Crippen LogP contribution in [0.4, 0.5) is 0 Å². The molecule has 0 saturated carbocycles. The van der Waals surface area contributed by atoms with E-state index in [2.05, 4.69) is 31.2 Å². The highest BCUT2D eigenvalue weighted by Crippen LogP contribution is 2.19. The first-order valence-corrected chi connectivity index (χ1v) is 5.69. The van der Waals surface area contributed by atoms with E-state index in [0.29, 0.717) is 6.42 Å². The number of amidine groups is 1. The van der Waals surface area contributed by atoms with Crippen LogP contribution in [-0.4, -0.2) is 11.6 Å². The van der Waals surface area contributed by atoms with Crippen molar-refractivity contribution < 1.29 is 0 Å². The van der Waals surface area contributed by atoms with Gasteiger partial charge in [-0.1, -0.05) is 17.7 Å². The predicted octanol–water partition coefficient (Wildman–Crippen LogP) is 2.80. The van der Waals surface area contributed by atoms with Crippen molar-refractivity contribution in [2.45, 2.75) is 24.7 Å². The number of thioether (sulfide) groups is 1. The molecule has 0 atom stereocenters. The van der Waals surface area contributed by atoms with Gasteiger partial charge in [-0.25, -0.2) is 0 Å². The van der Waals surface area contributed by atoms with Crippen LogP contribution in [0, 0.1) is 12.3 Å². The molecule has 0 aliphatic rings. The molecule has 3 heteroatoms. The molecule has 0 radical (unpaired) electrons. The van der Waals surface area contributed by atoms with Crippen LogP contribution < -0.4 is 5.73 Å². The number of nitrogens with two attached hydrogens (primary N) is 1. The van der Waals surface area contributed by atoms with Crippen molar-refractivity contribution in [1.82, 2.24) is 0 Å². The van der Waals surface area contributed by atoms with Gasteiger partial charge in [0.25, 0.3) is 0 Å². The standard InChI is InChI=1S/C11H16N2S/c1-9-4-2-5-10(8-9)14-7-3-6-11(12)13/h2,4-5,8H,3,6-7H2,1H3,(H3,12,13). The first-order chi connectivity index (χ1) is 6.68. The number of nitrogens with one attached hydrogen (secondary N) is 1. The van der Waals surface area contributed by atoms with Crippen LogP contribution in [0.1, 0.15) is 18.4 Å². The molecule has 0 heterocycles. The van der Waals surface area contributed by atoms with E-state index in [0.717, 1.165) is 12.2 Å². The Balaban J connectivity index is 2.28. The lowest BCUT2D eigenvalue weighted by Crippen LogP contribution is -2.08. The van der Waals surface area contributed by atoms with E-state index in [1.807, 2.05) is 11.8 Å². The van der Waals surface area contributed by atoms with Crippen LogP contribution in [0.25, 0.3) is 0 Å². The minimum atomic E-state index is 0.287. The summed E-state index contributed by atoms with van der Waals surface area (Å²) in [7, 11) is 0. The highest BCUT2D eigenvalue weighted by atomic mass is 32.2. The summed E-state index contributed by atoms with van der Waals surface area (Å²) in [5.41, 5.74) is 6.56. The quantitative estimate of drug-likeness (QED) is 0.338. The molecule has 0 fully saturated rings. The van der Waals surface area contributed by atoms with E-state index < -0.39 is 0 Å². The second-order valence-electron chi connectivity index (χ2n) is 3.29. The van der Waals surface area contributed by atoms with Gasteiger partial charge in [-0.3, -0.25) is 5.41 Å². The number of benzene rings is 1. The van der Waals surface area contributed by atoms with Crippen LogP contribution >= 0.6 is 11.8 Å². The average Bonchev–Trinajstić information content (AvgIpc) is 2.12. The van der Waals surface area contributed by atoms with Crippen molar-refractivity contribution in [3.05, 3.63) is 29.8 Å². The second-order valence-corrected chi connectivity index (χ2v) is 4.46. The zero-order valence-electron chi connectivity index (χ0n) is 8.42. The Bertz CT molecular complexity index is 310. The van der Waals surface area contributed by atoms with Crippen LogP contribution in [-0.2, 0) is 0 Å². The molecule has 1 aromatic rings. The minimum absolute atomic E-state index is 0.287. The third-order valence-corrected chi connectivity index (χ3v) is 2.93. The molecule has 3 N–H and O–H groups in total. The van der Waals surface area contributed by atoms with Gasteiger partial charge in [0, 0.05) is 11.3 Å². The van der Waals surface area contributed by atoms with Crippen LogP contribution in [0.3, 0.4) is 0 Å². The maximum absolute atomic E-state index is 7.08. The van der Waals surface area contributed by atoms with Gasteiger partial charge < -0.3 is 5.73 Å². The van der Waals surface area contributed by atoms with Crippen LogP contribution in [0.2, 0.25) is 0 Å². The van der Waals surface area contributed by atoms with E-state index in [-0.39, 0.29) is 5.84 Å². The van der Waals surface area contributed by atoms with E-state index in [9.17, 15) is 0 Å². The van der Waals surface area contributed by atoms with E-state index in [4.69, 9.17) is 11.1 Å². The molecule has 0 aromatic heterocycles. The Morgan fingerprint density at radius 1 is 1.50 bits per heavy atom. The maximum Gasteiger partial charge on any atom is 0.0905 e. The highest BCUT2D eigenvalue weighted by Gasteiger charge is 1.95. The summed E-state index contributed by atoms with van der Waals surface area (Å²) in [5.74, 6) is 1.32. The number of hydrogen-bond acceptors (Lipinski definition) is 2. The van der Waals surface area contributed by atoms with Gasteiger partial charge in [-0.2, -0.15) is 0 Å². The fourth-order valence-electron chi connectivity index (χ4n) is 1.16. The zero-order valence-corrected chi connectivity index (χ0v) is 9.23. The van der Waals surface area contributed by atoms with Crippen LogP contribution in [0.15, 0.2) is 29.2 Å². The Kier molecular flexibility index (Phi) is 4.53. The molecule has 76 valence electrons. The fraction of sp³-hybridized carbons (Fsp3) is 0.364. The van der Waals surface area contributed by atoms with Crippen molar-refractivity contribution in [3.63, 3.8) is 0 Å². The highest BCUT2D eigenvalue weighted by molar-refractivity contribution is 7.99. The van der Waals surface area contributed by atoms with E-state index in [1.54, 1.807) is 0 Å². The largest absolute Gasteiger partial charge is 0.388 e. The SMILES string of the molecule is Cc1cccc(SCCCC(=N)N)c1. The lowest BCUT2D eigenvalue weighted by atomic mass is 10.2. The summed E-state index contributed by atoms with van der Waals surface area (Å²) in [6.07, 6.45) is 1.69. The lowest BCUT2D eigenvalue weighted by Gasteiger charge is -2.01. The van der Waals surface area contributed by atoms with Gasteiger partial charge in [0.1, 0.15) is 0 Å². The van der Waals surface area contributed by atoms with E-state index >= 15 is 0 Å². The smallest absolute Gasteiger partial charge is 0.0905 e. The lowest BCUT2D eigenvalue weighted by molar-refractivity contribution is 0.988. The Morgan fingerprint density at radius 2 is 2.29 bits per heavy atom. The van der Waals surface area contributed by atoms with Gasteiger partial charge in [0.15, 0.2) is 0 Å². The molecule has 1 aromatic carbocycles. The number of aryl methyl sites for hydroxylation is 1. The summed E-state index contributed by atoms with van der Waals surface area (Å²) < 4.78 is 0. The van der Waals surface area contributed by atoms with E-state index in [1.165, 1.54) is 10.5 Å². The molecule has 0 saturated heterocycles. The van der Waals surface area contributed by atoms with Crippen molar-refractivity contribution >= 4 is 17.6 Å². The van der Waals surface area contributed by atoms with Crippen molar-refractivity contribution in [3.8, 4) is 0 Å². The molecular weight excluding hydrogens is 192 g/mol. The summed E-state index contributed by atoms with van der Waals surface area (Å²) in [4.78, 5) is 1.30. The number of hydrogen-bond donors (Lipinski definition) is 2. The molecule has 1 rings (SSSR count). The van der Waals surface area contributed by atoms with Gasteiger partial charge in [0.2, 0.25) is 0 Å². The fourth-order valence-corrected chi connectivity index (χ4v) is 2.13. The Morgan fingerprint density at radius 3 is 2.93 bits per heavy atom. The Labute approximate surface area is 89.4 Å². The molecule has 0 amide bonds. The topological polar surface area (TPSA) is 49.9 Å². The van der Waals surface area contributed by atoms with Gasteiger partial charge in [-0.05, 0) is 31.2 Å². The molecule has 2 nitrogen and oxygen atoms in total. The molecule has 0 aliphatic carbocycles. The van der Waals surface area contributed by atoms with Crippen molar-refractivity contribution in [2.75, 3.05) is 5.75 Å². The summed E-state index contributed by atoms with van der Waals surface area (Å²) in [6.45, 7) is 2.10. The molecule has 0 unspecified atom stereocenters. The van der Waals surface area contributed by atoms with Crippen molar-refractivity contribution in [1.29, 1.82) is 5.41 Å². The normalized spacial score (nSPS) is 10.1. The first kappa shape index (κ1) is 11.1. The summed E-state index contributed by atoms with van der Waals surface area (Å²) in [6, 6.07) is 8.46. The summed E-state index contributed by atoms with van der Waals surface area (Å²) >= 11 is 1.82. The third-order valence-electron chi connectivity index (χ3n) is 1.85. The third kappa shape index (κ3) is 4.33. The summed E-state index contributed by atoms with van der Waals surface area (Å²) in [5, 5.41) is 7.08. The monoisotopic (exact) mass is 208 g/mol.